The summed E-state index contributed by atoms with van der Waals surface area (Å²) in [6.45, 7) is 10.0. The molecular formula is C17H27NOS. The molecular weight excluding hydrogens is 266 g/mol. The zero-order chi connectivity index (χ0) is 14.2. The minimum absolute atomic E-state index is 0.840. The monoisotopic (exact) mass is 293 g/mol. The molecule has 1 aliphatic heterocycles. The van der Waals surface area contributed by atoms with Gasteiger partial charge in [-0.05, 0) is 30.4 Å². The molecule has 0 aliphatic carbocycles. The van der Waals surface area contributed by atoms with Crippen LogP contribution in [0.5, 0.6) is 0 Å². The summed E-state index contributed by atoms with van der Waals surface area (Å²) < 4.78 is 5.77. The first kappa shape index (κ1) is 15.9. The first-order valence-corrected chi connectivity index (χ1v) is 8.70. The van der Waals surface area contributed by atoms with Gasteiger partial charge in [-0.3, -0.25) is 0 Å². The molecule has 2 unspecified atom stereocenters. The van der Waals surface area contributed by atoms with Gasteiger partial charge in [0, 0.05) is 30.3 Å². The quantitative estimate of drug-likeness (QED) is 0.561. The molecule has 3 heteroatoms. The maximum absolute atomic E-state index is 5.77. The number of likely N-dealkylation sites (tertiary alicyclic amines) is 1. The van der Waals surface area contributed by atoms with Crippen LogP contribution in [-0.4, -0.2) is 43.5 Å². The highest BCUT2D eigenvalue weighted by atomic mass is 32.2. The van der Waals surface area contributed by atoms with Gasteiger partial charge in [-0.15, -0.1) is 11.8 Å². The largest absolute Gasteiger partial charge is 0.379 e. The Bertz CT molecular complexity index is 361. The van der Waals surface area contributed by atoms with Crippen molar-refractivity contribution in [2.45, 2.75) is 25.2 Å². The molecule has 1 fully saturated rings. The van der Waals surface area contributed by atoms with Crippen LogP contribution < -0.4 is 0 Å². The molecule has 1 aliphatic rings. The molecule has 112 valence electrons. The van der Waals surface area contributed by atoms with Gasteiger partial charge in [0.1, 0.15) is 0 Å². The van der Waals surface area contributed by atoms with E-state index in [2.05, 4.69) is 49.1 Å². The topological polar surface area (TPSA) is 12.5 Å². The van der Waals surface area contributed by atoms with Crippen molar-refractivity contribution < 1.29 is 4.74 Å². The predicted molar refractivity (Wildman–Crippen MR) is 87.4 cm³/mol. The fourth-order valence-corrected chi connectivity index (χ4v) is 3.79. The summed E-state index contributed by atoms with van der Waals surface area (Å²) in [5, 5.41) is 0. The van der Waals surface area contributed by atoms with E-state index in [1.807, 2.05) is 11.8 Å². The van der Waals surface area contributed by atoms with Gasteiger partial charge in [0.25, 0.3) is 0 Å². The molecule has 1 heterocycles. The highest BCUT2D eigenvalue weighted by molar-refractivity contribution is 7.99. The van der Waals surface area contributed by atoms with Gasteiger partial charge < -0.3 is 9.64 Å². The van der Waals surface area contributed by atoms with E-state index in [0.717, 1.165) is 37.3 Å². The lowest BCUT2D eigenvalue weighted by atomic mass is 9.92. The molecule has 1 aromatic rings. The van der Waals surface area contributed by atoms with Gasteiger partial charge in [-0.1, -0.05) is 32.0 Å². The number of benzene rings is 1. The van der Waals surface area contributed by atoms with E-state index in [1.165, 1.54) is 24.4 Å². The van der Waals surface area contributed by atoms with Crippen LogP contribution >= 0.6 is 11.8 Å². The van der Waals surface area contributed by atoms with E-state index in [-0.39, 0.29) is 0 Å². The molecule has 0 radical (unpaired) electrons. The third kappa shape index (κ3) is 5.86. The number of piperidine rings is 1. The Kier molecular flexibility index (Phi) is 6.91. The van der Waals surface area contributed by atoms with Crippen LogP contribution in [0.4, 0.5) is 0 Å². The van der Waals surface area contributed by atoms with Gasteiger partial charge in [-0.25, -0.2) is 0 Å². The number of hydrogen-bond donors (Lipinski definition) is 0. The van der Waals surface area contributed by atoms with Gasteiger partial charge in [-0.2, -0.15) is 0 Å². The van der Waals surface area contributed by atoms with Crippen molar-refractivity contribution in [2.24, 2.45) is 11.8 Å². The molecule has 0 amide bonds. The average Bonchev–Trinajstić information content (AvgIpc) is 2.43. The maximum Gasteiger partial charge on any atom is 0.0593 e. The number of thioether (sulfide) groups is 1. The lowest BCUT2D eigenvalue weighted by molar-refractivity contribution is 0.0803. The average molecular weight is 293 g/mol. The zero-order valence-corrected chi connectivity index (χ0v) is 13.6. The summed E-state index contributed by atoms with van der Waals surface area (Å²) in [5.74, 6) is 2.72. The SMILES string of the molecule is CC1CC(C)CN(CCOCCSc2ccccc2)C1. The summed E-state index contributed by atoms with van der Waals surface area (Å²) >= 11 is 1.87. The van der Waals surface area contributed by atoms with E-state index < -0.39 is 0 Å². The summed E-state index contributed by atoms with van der Waals surface area (Å²) in [6, 6.07) is 10.5. The second kappa shape index (κ2) is 8.71. The molecule has 20 heavy (non-hydrogen) atoms. The third-order valence-electron chi connectivity index (χ3n) is 3.74. The maximum atomic E-state index is 5.77. The van der Waals surface area contributed by atoms with Crippen molar-refractivity contribution in [3.63, 3.8) is 0 Å². The Hall–Kier alpha value is -0.510. The van der Waals surface area contributed by atoms with E-state index in [1.54, 1.807) is 0 Å². The first-order valence-electron chi connectivity index (χ1n) is 7.72. The van der Waals surface area contributed by atoms with Crippen molar-refractivity contribution in [1.82, 2.24) is 4.90 Å². The van der Waals surface area contributed by atoms with E-state index in [9.17, 15) is 0 Å². The Balaban J connectivity index is 1.51. The fraction of sp³-hybridized carbons (Fsp3) is 0.647. The summed E-state index contributed by atoms with van der Waals surface area (Å²) in [7, 11) is 0. The lowest BCUT2D eigenvalue weighted by Gasteiger charge is -2.34. The van der Waals surface area contributed by atoms with Crippen LogP contribution in [0.2, 0.25) is 0 Å². The van der Waals surface area contributed by atoms with Gasteiger partial charge in [0.05, 0.1) is 13.2 Å². The fourth-order valence-electron chi connectivity index (χ4n) is 3.01. The van der Waals surface area contributed by atoms with Crippen LogP contribution in [0.15, 0.2) is 35.2 Å². The third-order valence-corrected chi connectivity index (χ3v) is 4.71. The van der Waals surface area contributed by atoms with E-state index in [0.29, 0.717) is 0 Å². The van der Waals surface area contributed by atoms with Crippen LogP contribution in [0, 0.1) is 11.8 Å². The molecule has 1 aromatic carbocycles. The van der Waals surface area contributed by atoms with Gasteiger partial charge >= 0.3 is 0 Å². The van der Waals surface area contributed by atoms with E-state index in [4.69, 9.17) is 4.74 Å². The molecule has 2 atom stereocenters. The minimum atomic E-state index is 0.840. The van der Waals surface area contributed by atoms with Crippen LogP contribution in [0.1, 0.15) is 20.3 Å². The first-order chi connectivity index (χ1) is 9.74. The smallest absolute Gasteiger partial charge is 0.0593 e. The standard InChI is InChI=1S/C17H27NOS/c1-15-12-16(2)14-18(13-15)8-9-19-10-11-20-17-6-4-3-5-7-17/h3-7,15-16H,8-14H2,1-2H3. The minimum Gasteiger partial charge on any atom is -0.379 e. The van der Waals surface area contributed by atoms with Crippen molar-refractivity contribution in [3.8, 4) is 0 Å². The van der Waals surface area contributed by atoms with Crippen molar-refractivity contribution in [3.05, 3.63) is 30.3 Å². The van der Waals surface area contributed by atoms with E-state index >= 15 is 0 Å². The number of nitrogens with zero attached hydrogens (tertiary/aromatic N) is 1. The molecule has 1 saturated heterocycles. The normalized spacial score (nSPS) is 23.9. The van der Waals surface area contributed by atoms with Gasteiger partial charge in [0.15, 0.2) is 0 Å². The molecule has 2 rings (SSSR count). The predicted octanol–water partition coefficient (Wildman–Crippen LogP) is 3.77. The molecule has 0 aromatic heterocycles. The zero-order valence-electron chi connectivity index (χ0n) is 12.8. The molecule has 0 saturated carbocycles. The van der Waals surface area contributed by atoms with Crippen molar-refractivity contribution in [2.75, 3.05) is 38.6 Å². The highest BCUT2D eigenvalue weighted by Crippen LogP contribution is 2.20. The second-order valence-corrected chi connectivity index (χ2v) is 7.15. The molecule has 0 spiro atoms. The van der Waals surface area contributed by atoms with Gasteiger partial charge in [0.2, 0.25) is 0 Å². The molecule has 2 nitrogen and oxygen atoms in total. The molecule has 0 N–H and O–H groups in total. The summed E-state index contributed by atoms with van der Waals surface area (Å²) in [5.41, 5.74) is 0. The van der Waals surface area contributed by atoms with Crippen LogP contribution in [0.3, 0.4) is 0 Å². The lowest BCUT2D eigenvalue weighted by Crippen LogP contribution is -2.40. The highest BCUT2D eigenvalue weighted by Gasteiger charge is 2.20. The number of hydrogen-bond acceptors (Lipinski definition) is 3. The van der Waals surface area contributed by atoms with Crippen molar-refractivity contribution >= 4 is 11.8 Å². The number of ether oxygens (including phenoxy) is 1. The Morgan fingerprint density at radius 2 is 1.80 bits per heavy atom. The van der Waals surface area contributed by atoms with Crippen LogP contribution in [0.25, 0.3) is 0 Å². The summed E-state index contributed by atoms with van der Waals surface area (Å²) in [4.78, 5) is 3.89. The second-order valence-electron chi connectivity index (χ2n) is 5.98. The summed E-state index contributed by atoms with van der Waals surface area (Å²) in [6.07, 6.45) is 1.38. The number of rotatable bonds is 7. The molecule has 0 bridgehead atoms. The Morgan fingerprint density at radius 3 is 2.50 bits per heavy atom. The Labute approximate surface area is 127 Å². The van der Waals surface area contributed by atoms with Crippen molar-refractivity contribution in [1.29, 1.82) is 0 Å². The van der Waals surface area contributed by atoms with Crippen LogP contribution in [-0.2, 0) is 4.74 Å². The Morgan fingerprint density at radius 1 is 1.10 bits per heavy atom.